The van der Waals surface area contributed by atoms with Gasteiger partial charge >= 0.3 is 20.2 Å². The van der Waals surface area contributed by atoms with Crippen molar-refractivity contribution in [2.45, 2.75) is 9.37 Å². The monoisotopic (exact) mass is 279 g/mol. The summed E-state index contributed by atoms with van der Waals surface area (Å²) < 4.78 is 57.6. The van der Waals surface area contributed by atoms with Crippen molar-refractivity contribution >= 4 is 43.2 Å². The summed E-state index contributed by atoms with van der Waals surface area (Å²) in [4.78, 5) is 2.96. The predicted octanol–water partition coefficient (Wildman–Crippen LogP) is 0.290. The summed E-state index contributed by atoms with van der Waals surface area (Å²) in [6.07, 6.45) is 0. The average Bonchev–Trinajstić information content (AvgIpc) is 2.27. The Morgan fingerprint density at radius 1 is 1.14 bits per heavy atom. The highest BCUT2D eigenvalue weighted by Crippen LogP contribution is 2.29. The molecule has 2 N–H and O–H groups in total. The molecule has 0 unspecified atom stereocenters. The van der Waals surface area contributed by atoms with Gasteiger partial charge in [-0.3, -0.25) is 9.11 Å². The predicted molar refractivity (Wildman–Crippen MR) is 46.8 cm³/mol. The van der Waals surface area contributed by atoms with Gasteiger partial charge in [0.25, 0.3) is 0 Å². The fraction of sp³-hybridized carbons (Fsp3) is 0. The van der Waals surface area contributed by atoms with Crippen molar-refractivity contribution in [1.82, 2.24) is 4.98 Å². The minimum absolute atomic E-state index is 0.225. The molecule has 14 heavy (non-hydrogen) atoms. The molecule has 0 spiro atoms. The van der Waals surface area contributed by atoms with Crippen LogP contribution in [-0.2, 0) is 20.2 Å². The highest BCUT2D eigenvalue weighted by Gasteiger charge is 2.25. The van der Waals surface area contributed by atoms with E-state index in [9.17, 15) is 16.8 Å². The van der Waals surface area contributed by atoms with Gasteiger partial charge in [0.2, 0.25) is 9.37 Å². The lowest BCUT2D eigenvalue weighted by Gasteiger charge is -1.88. The second-order valence-corrected chi connectivity index (χ2v) is 6.54. The molecule has 0 saturated carbocycles. The number of hydrogen-bond donors (Lipinski definition) is 2. The number of thiazole rings is 1. The van der Waals surface area contributed by atoms with Gasteiger partial charge in [-0.2, -0.15) is 16.8 Å². The zero-order chi connectivity index (χ0) is 11.1. The van der Waals surface area contributed by atoms with Crippen LogP contribution in [0, 0.1) is 0 Å². The Morgan fingerprint density at radius 3 is 1.86 bits per heavy atom. The summed E-state index contributed by atoms with van der Waals surface area (Å²) in [5, 5.41) is -0.989. The molecule has 1 rings (SSSR count). The van der Waals surface area contributed by atoms with Crippen LogP contribution in [-0.4, -0.2) is 30.9 Å². The smallest absolute Gasteiger partial charge is 0.281 e. The molecular weight excluding hydrogens is 278 g/mol. The summed E-state index contributed by atoms with van der Waals surface area (Å²) >= 11 is 5.50. The van der Waals surface area contributed by atoms with Gasteiger partial charge in [0.15, 0.2) is 0 Å². The second-order valence-electron chi connectivity index (χ2n) is 2.01. The van der Waals surface area contributed by atoms with E-state index in [1.54, 1.807) is 0 Å². The van der Waals surface area contributed by atoms with Gasteiger partial charge < -0.3 is 0 Å². The molecule has 0 amide bonds. The molecule has 80 valence electrons. The van der Waals surface area contributed by atoms with E-state index in [-0.39, 0.29) is 11.3 Å². The van der Waals surface area contributed by atoms with E-state index in [4.69, 9.17) is 20.7 Å². The summed E-state index contributed by atoms with van der Waals surface area (Å²) in [7, 11) is -9.30. The van der Waals surface area contributed by atoms with Gasteiger partial charge in [-0.25, -0.2) is 4.98 Å². The van der Waals surface area contributed by atoms with Gasteiger partial charge in [-0.15, -0.1) is 0 Å². The van der Waals surface area contributed by atoms with Crippen molar-refractivity contribution in [2.75, 3.05) is 0 Å². The van der Waals surface area contributed by atoms with Crippen LogP contribution in [0.15, 0.2) is 9.37 Å². The van der Waals surface area contributed by atoms with E-state index in [0.717, 1.165) is 0 Å². The molecule has 0 aliphatic heterocycles. The number of nitrogens with zero attached hydrogens (tertiary/aromatic N) is 1. The standard InChI is InChI=1S/C3H2ClNO6S3/c4-1-2(13(6,7)8)5-3(12-1)14(9,10)11/h(H,6,7,8)(H,9,10,11). The SMILES string of the molecule is O=S(=O)(O)c1nc(S(=O)(=O)O)c(Cl)s1. The van der Waals surface area contributed by atoms with Crippen LogP contribution in [0.25, 0.3) is 0 Å². The third kappa shape index (κ3) is 2.40. The minimum atomic E-state index is -4.68. The van der Waals surface area contributed by atoms with Crippen LogP contribution in [0.2, 0.25) is 4.34 Å². The molecular formula is C3H2ClNO6S3. The lowest BCUT2D eigenvalue weighted by Crippen LogP contribution is -2.02. The van der Waals surface area contributed by atoms with E-state index in [2.05, 4.69) is 4.98 Å². The Bertz CT molecular complexity index is 555. The number of aromatic nitrogens is 1. The average molecular weight is 280 g/mol. The summed E-state index contributed by atoms with van der Waals surface area (Å²) in [5.74, 6) is 0. The van der Waals surface area contributed by atoms with E-state index in [1.807, 2.05) is 0 Å². The molecule has 1 heterocycles. The second kappa shape index (κ2) is 3.40. The molecule has 0 bridgehead atoms. The lowest BCUT2D eigenvalue weighted by molar-refractivity contribution is 0.476. The Balaban J connectivity index is 3.49. The fourth-order valence-corrected chi connectivity index (χ4v) is 3.50. The van der Waals surface area contributed by atoms with Gasteiger partial charge in [-0.05, 0) is 0 Å². The van der Waals surface area contributed by atoms with Crippen molar-refractivity contribution in [3.63, 3.8) is 0 Å². The summed E-state index contributed by atoms with van der Waals surface area (Å²) in [6, 6.07) is 0. The van der Waals surface area contributed by atoms with Crippen LogP contribution in [0.4, 0.5) is 0 Å². The molecule has 7 nitrogen and oxygen atoms in total. The Kier molecular flexibility index (Phi) is 2.87. The van der Waals surface area contributed by atoms with Crippen molar-refractivity contribution in [2.24, 2.45) is 0 Å². The highest BCUT2D eigenvalue weighted by molar-refractivity contribution is 7.88. The molecule has 0 fully saturated rings. The third-order valence-corrected chi connectivity index (χ3v) is 4.49. The quantitative estimate of drug-likeness (QED) is 0.746. The highest BCUT2D eigenvalue weighted by atomic mass is 35.5. The zero-order valence-corrected chi connectivity index (χ0v) is 9.28. The van der Waals surface area contributed by atoms with Gasteiger partial charge in [0, 0.05) is 0 Å². The Morgan fingerprint density at radius 2 is 1.64 bits per heavy atom. The zero-order valence-electron chi connectivity index (χ0n) is 6.08. The number of hydrogen-bond acceptors (Lipinski definition) is 6. The van der Waals surface area contributed by atoms with Crippen LogP contribution >= 0.6 is 22.9 Å². The molecule has 0 saturated heterocycles. The summed E-state index contributed by atoms with van der Waals surface area (Å²) in [6.45, 7) is 0. The molecule has 0 aliphatic carbocycles. The van der Waals surface area contributed by atoms with Crippen molar-refractivity contribution in [3.8, 4) is 0 Å². The van der Waals surface area contributed by atoms with E-state index < -0.39 is 33.9 Å². The van der Waals surface area contributed by atoms with Gasteiger partial charge in [0.1, 0.15) is 4.34 Å². The van der Waals surface area contributed by atoms with Crippen molar-refractivity contribution in [3.05, 3.63) is 4.34 Å². The van der Waals surface area contributed by atoms with Crippen molar-refractivity contribution < 1.29 is 25.9 Å². The minimum Gasteiger partial charge on any atom is -0.281 e. The maximum Gasteiger partial charge on any atom is 0.322 e. The normalized spacial score (nSPS) is 13.1. The van der Waals surface area contributed by atoms with E-state index in [0.29, 0.717) is 0 Å². The lowest BCUT2D eigenvalue weighted by atomic mass is 11.0. The fourth-order valence-electron chi connectivity index (χ4n) is 0.539. The number of rotatable bonds is 2. The first-order chi connectivity index (χ1) is 6.12. The topological polar surface area (TPSA) is 122 Å². The van der Waals surface area contributed by atoms with E-state index in [1.165, 1.54) is 0 Å². The molecule has 0 radical (unpaired) electrons. The first-order valence-electron chi connectivity index (χ1n) is 2.73. The maximum absolute atomic E-state index is 10.5. The molecule has 11 heteroatoms. The first kappa shape index (κ1) is 11.8. The molecule has 1 aromatic heterocycles. The van der Waals surface area contributed by atoms with Gasteiger partial charge in [-0.1, -0.05) is 22.9 Å². The Labute approximate surface area is 87.9 Å². The largest absolute Gasteiger partial charge is 0.322 e. The third-order valence-electron chi connectivity index (χ3n) is 1.00. The molecule has 0 aliphatic rings. The Hall–Kier alpha value is -0.260. The van der Waals surface area contributed by atoms with Crippen LogP contribution in [0.5, 0.6) is 0 Å². The van der Waals surface area contributed by atoms with Crippen LogP contribution < -0.4 is 0 Å². The molecule has 0 aromatic carbocycles. The van der Waals surface area contributed by atoms with Crippen molar-refractivity contribution in [1.29, 1.82) is 0 Å². The van der Waals surface area contributed by atoms with Crippen LogP contribution in [0.3, 0.4) is 0 Å². The number of halogens is 1. The van der Waals surface area contributed by atoms with Gasteiger partial charge in [0.05, 0.1) is 0 Å². The molecule has 1 aromatic rings. The maximum atomic E-state index is 10.5. The van der Waals surface area contributed by atoms with E-state index >= 15 is 0 Å². The van der Waals surface area contributed by atoms with Crippen LogP contribution in [0.1, 0.15) is 0 Å². The summed E-state index contributed by atoms with van der Waals surface area (Å²) in [5.41, 5.74) is 0. The first-order valence-corrected chi connectivity index (χ1v) is 6.81. The molecule has 0 atom stereocenters.